The molecule has 106 valence electrons. The molecule has 0 unspecified atom stereocenters. The number of nitrogens with zero attached hydrogens (tertiary/aromatic N) is 1. The Morgan fingerprint density at radius 2 is 1.89 bits per heavy atom. The van der Waals surface area contributed by atoms with Gasteiger partial charge >= 0.3 is 0 Å². The summed E-state index contributed by atoms with van der Waals surface area (Å²) in [6.45, 7) is 0.937. The van der Waals surface area contributed by atoms with Crippen LogP contribution < -0.4 is 4.90 Å². The monoisotopic (exact) mass is 301 g/mol. The first kappa shape index (κ1) is 14.7. The molecule has 0 spiro atoms. The maximum absolute atomic E-state index is 11.5. The molecule has 1 fully saturated rings. The van der Waals surface area contributed by atoms with E-state index in [1.807, 2.05) is 12.1 Å². The van der Waals surface area contributed by atoms with Crippen molar-refractivity contribution in [1.82, 2.24) is 0 Å². The van der Waals surface area contributed by atoms with Crippen LogP contribution in [0.25, 0.3) is 0 Å². The highest BCUT2D eigenvalue weighted by molar-refractivity contribution is 7.90. The van der Waals surface area contributed by atoms with Crippen molar-refractivity contribution in [3.63, 3.8) is 0 Å². The summed E-state index contributed by atoms with van der Waals surface area (Å²) >= 11 is 5.78. The van der Waals surface area contributed by atoms with Crippen molar-refractivity contribution in [1.29, 1.82) is 0 Å². The Bertz CT molecular complexity index is 509. The highest BCUT2D eigenvalue weighted by Crippen LogP contribution is 2.30. The quantitative estimate of drug-likeness (QED) is 0.758. The van der Waals surface area contributed by atoms with E-state index in [0.29, 0.717) is 16.8 Å². The lowest BCUT2D eigenvalue weighted by Crippen LogP contribution is -2.41. The molecule has 0 atom stereocenters. The van der Waals surface area contributed by atoms with Gasteiger partial charge < -0.3 is 4.90 Å². The van der Waals surface area contributed by atoms with Crippen LogP contribution in [0.1, 0.15) is 25.7 Å². The molecule has 0 aliphatic heterocycles. The third-order valence-corrected chi connectivity index (χ3v) is 5.04. The summed E-state index contributed by atoms with van der Waals surface area (Å²) in [6, 6.07) is 7.78. The Morgan fingerprint density at radius 3 is 2.32 bits per heavy atom. The smallest absolute Gasteiger partial charge is 0.175 e. The van der Waals surface area contributed by atoms with Gasteiger partial charge in [-0.15, -0.1) is 11.6 Å². The van der Waals surface area contributed by atoms with E-state index in [2.05, 4.69) is 4.90 Å². The molecule has 1 aliphatic rings. The van der Waals surface area contributed by atoms with Gasteiger partial charge in [0.05, 0.1) is 4.90 Å². The van der Waals surface area contributed by atoms with Gasteiger partial charge in [0.2, 0.25) is 0 Å². The van der Waals surface area contributed by atoms with E-state index >= 15 is 0 Å². The maximum Gasteiger partial charge on any atom is 0.175 e. The zero-order valence-corrected chi connectivity index (χ0v) is 12.8. The van der Waals surface area contributed by atoms with Gasteiger partial charge in [-0.3, -0.25) is 0 Å². The Hall–Kier alpha value is -0.740. The van der Waals surface area contributed by atoms with Crippen molar-refractivity contribution >= 4 is 27.1 Å². The van der Waals surface area contributed by atoms with Gasteiger partial charge in [0, 0.05) is 30.4 Å². The second-order valence-corrected chi connectivity index (χ2v) is 7.48. The Kier molecular flexibility index (Phi) is 4.74. The third-order valence-electron chi connectivity index (χ3n) is 3.64. The van der Waals surface area contributed by atoms with Gasteiger partial charge in [-0.25, -0.2) is 8.42 Å². The van der Waals surface area contributed by atoms with Gasteiger partial charge in [-0.1, -0.05) is 0 Å². The van der Waals surface area contributed by atoms with Gasteiger partial charge in [0.25, 0.3) is 0 Å². The van der Waals surface area contributed by atoms with Crippen LogP contribution in [0.15, 0.2) is 29.2 Å². The van der Waals surface area contributed by atoms with Crippen LogP contribution in [0.5, 0.6) is 0 Å². The molecule has 0 amide bonds. The highest BCUT2D eigenvalue weighted by atomic mass is 35.5. The number of hydrogen-bond acceptors (Lipinski definition) is 3. The second-order valence-electron chi connectivity index (χ2n) is 5.09. The molecule has 5 heteroatoms. The molecule has 2 rings (SSSR count). The van der Waals surface area contributed by atoms with E-state index in [1.54, 1.807) is 12.1 Å². The summed E-state index contributed by atoms with van der Waals surface area (Å²) < 4.78 is 22.9. The average Bonchev–Trinajstić information content (AvgIpc) is 2.31. The third kappa shape index (κ3) is 3.63. The summed E-state index contributed by atoms with van der Waals surface area (Å²) in [5.41, 5.74) is 1.10. The summed E-state index contributed by atoms with van der Waals surface area (Å²) in [4.78, 5) is 2.74. The lowest BCUT2D eigenvalue weighted by Gasteiger charge is -2.39. The largest absolute Gasteiger partial charge is 0.369 e. The van der Waals surface area contributed by atoms with Crippen LogP contribution in [0.4, 0.5) is 5.69 Å². The lowest BCUT2D eigenvalue weighted by atomic mass is 9.91. The van der Waals surface area contributed by atoms with Crippen molar-refractivity contribution in [2.75, 3.05) is 23.6 Å². The number of halogens is 1. The number of anilines is 1. The minimum Gasteiger partial charge on any atom is -0.369 e. The van der Waals surface area contributed by atoms with E-state index < -0.39 is 9.84 Å². The van der Waals surface area contributed by atoms with Crippen LogP contribution in [-0.4, -0.2) is 33.1 Å². The molecular weight excluding hydrogens is 282 g/mol. The standard InChI is InChI=1S/C14H20ClNO2S/c1-19(17,18)14-8-6-13(7-9-14)16(11-3-10-15)12-4-2-5-12/h6-9,12H,2-5,10-11H2,1H3. The molecule has 1 aromatic carbocycles. The average molecular weight is 302 g/mol. The molecule has 1 saturated carbocycles. The van der Waals surface area contributed by atoms with E-state index in [-0.39, 0.29) is 0 Å². The molecule has 19 heavy (non-hydrogen) atoms. The lowest BCUT2D eigenvalue weighted by molar-refractivity contribution is 0.386. The Labute approximate surface area is 120 Å². The predicted molar refractivity (Wildman–Crippen MR) is 79.9 cm³/mol. The number of benzene rings is 1. The molecule has 0 radical (unpaired) electrons. The van der Waals surface area contributed by atoms with Gasteiger partial charge in [-0.05, 0) is 49.9 Å². The molecular formula is C14H20ClNO2S. The predicted octanol–water partition coefficient (Wildman–Crippen LogP) is 3.08. The van der Waals surface area contributed by atoms with E-state index in [9.17, 15) is 8.42 Å². The van der Waals surface area contributed by atoms with Crippen LogP contribution in [0.3, 0.4) is 0 Å². The number of sulfone groups is 1. The molecule has 0 bridgehead atoms. The highest BCUT2D eigenvalue weighted by Gasteiger charge is 2.24. The fourth-order valence-electron chi connectivity index (χ4n) is 2.34. The first-order valence-corrected chi connectivity index (χ1v) is 9.07. The number of rotatable bonds is 6. The van der Waals surface area contributed by atoms with Crippen molar-refractivity contribution in [3.8, 4) is 0 Å². The van der Waals surface area contributed by atoms with Crippen LogP contribution in [0, 0.1) is 0 Å². The molecule has 0 N–H and O–H groups in total. The molecule has 0 heterocycles. The summed E-state index contributed by atoms with van der Waals surface area (Å²) in [5, 5.41) is 0. The van der Waals surface area contributed by atoms with Gasteiger partial charge in [-0.2, -0.15) is 0 Å². The first-order valence-electron chi connectivity index (χ1n) is 6.65. The van der Waals surface area contributed by atoms with E-state index in [4.69, 9.17) is 11.6 Å². The minimum absolute atomic E-state index is 0.377. The van der Waals surface area contributed by atoms with Crippen molar-refractivity contribution in [2.24, 2.45) is 0 Å². The molecule has 0 saturated heterocycles. The van der Waals surface area contributed by atoms with Gasteiger partial charge in [0.15, 0.2) is 9.84 Å². The van der Waals surface area contributed by atoms with Crippen LogP contribution in [0.2, 0.25) is 0 Å². The summed E-state index contributed by atoms with van der Waals surface area (Å²) in [7, 11) is -3.11. The van der Waals surface area contributed by atoms with Crippen LogP contribution in [-0.2, 0) is 9.84 Å². The zero-order chi connectivity index (χ0) is 13.9. The normalized spacial score (nSPS) is 16.1. The fourth-order valence-corrected chi connectivity index (χ4v) is 3.09. The van der Waals surface area contributed by atoms with E-state index in [0.717, 1.165) is 18.7 Å². The Balaban J connectivity index is 2.16. The van der Waals surface area contributed by atoms with Crippen molar-refractivity contribution in [3.05, 3.63) is 24.3 Å². The zero-order valence-electron chi connectivity index (χ0n) is 11.2. The second kappa shape index (κ2) is 6.14. The molecule has 1 aromatic rings. The minimum atomic E-state index is -3.11. The molecule has 0 aromatic heterocycles. The SMILES string of the molecule is CS(=O)(=O)c1ccc(N(CCCCl)C2CCC2)cc1. The van der Waals surface area contributed by atoms with Crippen LogP contribution >= 0.6 is 11.6 Å². The van der Waals surface area contributed by atoms with Crippen molar-refractivity contribution in [2.45, 2.75) is 36.6 Å². The topological polar surface area (TPSA) is 37.4 Å². The summed E-state index contributed by atoms with van der Waals surface area (Å²) in [6.07, 6.45) is 5.90. The number of alkyl halides is 1. The first-order chi connectivity index (χ1) is 9.02. The molecule has 3 nitrogen and oxygen atoms in total. The number of hydrogen-bond donors (Lipinski definition) is 0. The van der Waals surface area contributed by atoms with Gasteiger partial charge in [0.1, 0.15) is 0 Å². The maximum atomic E-state index is 11.5. The van der Waals surface area contributed by atoms with Crippen molar-refractivity contribution < 1.29 is 8.42 Å². The Morgan fingerprint density at radius 1 is 1.26 bits per heavy atom. The van der Waals surface area contributed by atoms with E-state index in [1.165, 1.54) is 25.5 Å². The summed E-state index contributed by atoms with van der Waals surface area (Å²) in [5.74, 6) is 0.657. The fraction of sp³-hybridized carbons (Fsp3) is 0.571. The molecule has 1 aliphatic carbocycles.